The zero-order chi connectivity index (χ0) is 22.4. The van der Waals surface area contributed by atoms with Crippen molar-refractivity contribution in [3.63, 3.8) is 0 Å². The van der Waals surface area contributed by atoms with Crippen LogP contribution in [-0.2, 0) is 27.4 Å². The van der Waals surface area contributed by atoms with Gasteiger partial charge in [-0.2, -0.15) is 0 Å². The van der Waals surface area contributed by atoms with Crippen LogP contribution in [0, 0.1) is 0 Å². The molecule has 2 aliphatic rings. The number of benzene rings is 1. The van der Waals surface area contributed by atoms with Gasteiger partial charge in [-0.15, -0.1) is 11.3 Å². The van der Waals surface area contributed by atoms with Gasteiger partial charge in [-0.3, -0.25) is 19.3 Å². The number of phenolic OH excluding ortho intramolecular Hbond substituents is 1. The summed E-state index contributed by atoms with van der Waals surface area (Å²) in [7, 11) is 0. The minimum atomic E-state index is -1.76. The fourth-order valence-corrected chi connectivity index (χ4v) is 4.74. The number of rotatable bonds is 4. The summed E-state index contributed by atoms with van der Waals surface area (Å²) in [5.41, 5.74) is 0.0724. The second-order valence-corrected chi connectivity index (χ2v) is 7.94. The van der Waals surface area contributed by atoms with Gasteiger partial charge in [0.05, 0.1) is 35.9 Å². The van der Waals surface area contributed by atoms with E-state index < -0.39 is 35.8 Å². The Morgan fingerprint density at radius 3 is 2.58 bits per heavy atom. The number of hydrogen-bond donors (Lipinski definition) is 4. The van der Waals surface area contributed by atoms with Crippen molar-refractivity contribution < 1.29 is 44.0 Å². The fourth-order valence-electron chi connectivity index (χ4n) is 3.60. The molecule has 160 valence electrons. The molecular formula is C19H14N2O9S. The quantitative estimate of drug-likeness (QED) is 0.394. The van der Waals surface area contributed by atoms with Crippen LogP contribution in [0.15, 0.2) is 18.2 Å². The predicted octanol–water partition coefficient (Wildman–Crippen LogP) is 0.912. The zero-order valence-electron chi connectivity index (χ0n) is 15.6. The van der Waals surface area contributed by atoms with Crippen molar-refractivity contribution in [2.45, 2.75) is 19.1 Å². The first-order valence-corrected chi connectivity index (χ1v) is 9.72. The van der Waals surface area contributed by atoms with Gasteiger partial charge in [-0.25, -0.2) is 9.59 Å². The first-order valence-electron chi connectivity index (χ1n) is 8.91. The van der Waals surface area contributed by atoms with Gasteiger partial charge in [-0.05, 0) is 17.7 Å². The molecule has 2 aliphatic heterocycles. The number of amides is 3. The Hall–Kier alpha value is -3.77. The van der Waals surface area contributed by atoms with Crippen molar-refractivity contribution in [2.75, 3.05) is 11.9 Å². The van der Waals surface area contributed by atoms with Gasteiger partial charge < -0.3 is 25.4 Å². The first-order chi connectivity index (χ1) is 14.7. The predicted molar refractivity (Wildman–Crippen MR) is 103 cm³/mol. The lowest BCUT2D eigenvalue weighted by Crippen LogP contribution is -2.40. The molecule has 2 aromatic rings. The minimum absolute atomic E-state index is 0.0236. The molecule has 0 radical (unpaired) electrons. The summed E-state index contributed by atoms with van der Waals surface area (Å²) in [6, 6.07) is 4.17. The highest BCUT2D eigenvalue weighted by atomic mass is 32.1. The number of aromatic carboxylic acids is 1. The van der Waals surface area contributed by atoms with Gasteiger partial charge in [0.1, 0.15) is 10.8 Å². The Morgan fingerprint density at radius 2 is 1.94 bits per heavy atom. The number of carboxylic acids is 2. The van der Waals surface area contributed by atoms with Gasteiger partial charge in [0, 0.05) is 11.3 Å². The van der Waals surface area contributed by atoms with Crippen LogP contribution in [0.2, 0.25) is 0 Å². The lowest BCUT2D eigenvalue weighted by atomic mass is 10.0. The highest BCUT2D eigenvalue weighted by Gasteiger charge is 2.40. The average molecular weight is 446 g/mol. The van der Waals surface area contributed by atoms with E-state index >= 15 is 0 Å². The van der Waals surface area contributed by atoms with Crippen molar-refractivity contribution in [1.29, 1.82) is 0 Å². The van der Waals surface area contributed by atoms with Gasteiger partial charge >= 0.3 is 17.8 Å². The summed E-state index contributed by atoms with van der Waals surface area (Å²) in [6.07, 6.45) is -0.705. The summed E-state index contributed by atoms with van der Waals surface area (Å²) < 4.78 is 5.67. The fraction of sp³-hybridized carbons (Fsp3) is 0.211. The van der Waals surface area contributed by atoms with Crippen molar-refractivity contribution >= 4 is 46.0 Å². The second kappa shape index (κ2) is 7.49. The van der Waals surface area contributed by atoms with Crippen LogP contribution in [0.5, 0.6) is 5.75 Å². The van der Waals surface area contributed by atoms with Crippen molar-refractivity contribution in [3.8, 4) is 5.75 Å². The average Bonchev–Trinajstić information content (AvgIpc) is 3.18. The molecule has 3 heterocycles. The topological polar surface area (TPSA) is 171 Å². The van der Waals surface area contributed by atoms with Gasteiger partial charge in [0.25, 0.3) is 11.8 Å². The number of carbonyl (C=O) groups is 5. The summed E-state index contributed by atoms with van der Waals surface area (Å²) in [6.45, 7) is -0.209. The number of nitrogens with one attached hydrogen (secondary N) is 1. The van der Waals surface area contributed by atoms with E-state index in [1.54, 1.807) is 0 Å². The minimum Gasteiger partial charge on any atom is -0.507 e. The summed E-state index contributed by atoms with van der Waals surface area (Å²) in [4.78, 5) is 60.6. The standard InChI is InChI=1S/C19H14N2O9S/c22-10-3-1-2-8-12(10)17(25)21(16(8)24)5-7-4-9-11(6-30-7)31-15(13(9)18(26)27)20-14(23)19(28)29/h1-3,7,22H,4-6H2,(H,20,23)(H,26,27)(H,28,29). The maximum absolute atomic E-state index is 12.6. The molecule has 3 amide bonds. The summed E-state index contributed by atoms with van der Waals surface area (Å²) in [5, 5.41) is 30.2. The highest BCUT2D eigenvalue weighted by molar-refractivity contribution is 7.17. The number of thiophene rings is 1. The van der Waals surface area contributed by atoms with E-state index in [2.05, 4.69) is 5.32 Å². The number of hydrogen-bond acceptors (Lipinski definition) is 8. The number of imide groups is 1. The van der Waals surface area contributed by atoms with Gasteiger partial charge in [0.2, 0.25) is 0 Å². The van der Waals surface area contributed by atoms with Gasteiger partial charge in [-0.1, -0.05) is 6.07 Å². The van der Waals surface area contributed by atoms with E-state index in [9.17, 15) is 34.2 Å². The number of carbonyl (C=O) groups excluding carboxylic acids is 3. The monoisotopic (exact) mass is 446 g/mol. The SMILES string of the molecule is O=C(O)C(=O)Nc1sc2c(c1C(=O)O)CC(CN1C(=O)c3cccc(O)c3C1=O)OC2. The van der Waals surface area contributed by atoms with E-state index in [0.29, 0.717) is 10.4 Å². The van der Waals surface area contributed by atoms with Crippen LogP contribution < -0.4 is 5.32 Å². The molecule has 0 saturated heterocycles. The zero-order valence-corrected chi connectivity index (χ0v) is 16.4. The lowest BCUT2D eigenvalue weighted by Gasteiger charge is -2.26. The van der Waals surface area contributed by atoms with Crippen molar-refractivity contribution in [3.05, 3.63) is 45.3 Å². The Bertz CT molecular complexity index is 1170. The van der Waals surface area contributed by atoms with Gasteiger partial charge in [0.15, 0.2) is 0 Å². The van der Waals surface area contributed by atoms with Crippen LogP contribution in [0.3, 0.4) is 0 Å². The number of ether oxygens (including phenoxy) is 1. The molecule has 4 N–H and O–H groups in total. The van der Waals surface area contributed by atoms with Crippen molar-refractivity contribution in [2.24, 2.45) is 0 Å². The van der Waals surface area contributed by atoms with Crippen molar-refractivity contribution in [1.82, 2.24) is 4.90 Å². The van der Waals surface area contributed by atoms with E-state index in [0.717, 1.165) is 16.2 Å². The number of phenols is 1. The molecule has 1 atom stereocenters. The smallest absolute Gasteiger partial charge is 0.394 e. The molecule has 0 saturated carbocycles. The van der Waals surface area contributed by atoms with Crippen LogP contribution in [0.1, 0.15) is 41.5 Å². The maximum Gasteiger partial charge on any atom is 0.394 e. The molecule has 0 fully saturated rings. The van der Waals surface area contributed by atoms with Crippen LogP contribution in [0.4, 0.5) is 5.00 Å². The molecule has 11 nitrogen and oxygen atoms in total. The van der Waals surface area contributed by atoms with E-state index in [-0.39, 0.29) is 47.0 Å². The third-order valence-electron chi connectivity index (χ3n) is 4.97. The number of aromatic hydroxyl groups is 1. The molecule has 12 heteroatoms. The van der Waals surface area contributed by atoms with Crippen LogP contribution >= 0.6 is 11.3 Å². The van der Waals surface area contributed by atoms with Crippen LogP contribution in [-0.4, -0.2) is 62.5 Å². The molecule has 1 aromatic carbocycles. The highest BCUT2D eigenvalue weighted by Crippen LogP contribution is 2.38. The van der Waals surface area contributed by atoms with E-state index in [1.807, 2.05) is 0 Å². The summed E-state index contributed by atoms with van der Waals surface area (Å²) in [5.74, 6) is -6.07. The number of nitrogens with zero attached hydrogens (tertiary/aromatic N) is 1. The molecule has 1 aromatic heterocycles. The Kier molecular flexibility index (Phi) is 4.95. The number of aliphatic carboxylic acids is 1. The normalized spacial score (nSPS) is 17.3. The largest absolute Gasteiger partial charge is 0.507 e. The molecule has 4 rings (SSSR count). The Labute approximate surface area is 177 Å². The first kappa shape index (κ1) is 20.5. The number of carboxylic acid groups (broad SMARTS) is 2. The Balaban J connectivity index is 1.58. The molecule has 0 spiro atoms. The van der Waals surface area contributed by atoms with E-state index in [4.69, 9.17) is 9.84 Å². The molecule has 0 bridgehead atoms. The van der Waals surface area contributed by atoms with Crippen LogP contribution in [0.25, 0.3) is 0 Å². The molecular weight excluding hydrogens is 432 g/mol. The number of anilines is 1. The maximum atomic E-state index is 12.6. The lowest BCUT2D eigenvalue weighted by molar-refractivity contribution is -0.147. The third-order valence-corrected chi connectivity index (χ3v) is 6.09. The molecule has 31 heavy (non-hydrogen) atoms. The third kappa shape index (κ3) is 3.41. The molecule has 1 unspecified atom stereocenters. The molecule has 0 aliphatic carbocycles. The second-order valence-electron chi connectivity index (χ2n) is 6.83. The number of fused-ring (bicyclic) bond motifs is 2. The summed E-state index contributed by atoms with van der Waals surface area (Å²) >= 11 is 0.892. The Morgan fingerprint density at radius 1 is 1.19 bits per heavy atom. The van der Waals surface area contributed by atoms with E-state index in [1.165, 1.54) is 18.2 Å².